The van der Waals surface area contributed by atoms with Crippen LogP contribution < -0.4 is 10.6 Å². The second-order valence-electron chi connectivity index (χ2n) is 4.54. The zero-order valence-corrected chi connectivity index (χ0v) is 12.1. The van der Waals surface area contributed by atoms with E-state index in [-0.39, 0.29) is 0 Å². The Balaban J connectivity index is 2.36. The third kappa shape index (κ3) is 6.45. The van der Waals surface area contributed by atoms with Gasteiger partial charge in [-0.05, 0) is 31.0 Å². The summed E-state index contributed by atoms with van der Waals surface area (Å²) in [4.78, 5) is 2.31. The molecule has 0 aliphatic carbocycles. The Morgan fingerprint density at radius 3 is 2.68 bits per heavy atom. The zero-order valence-electron chi connectivity index (χ0n) is 12.1. The van der Waals surface area contributed by atoms with E-state index in [2.05, 4.69) is 17.9 Å². The van der Waals surface area contributed by atoms with Crippen LogP contribution in [0.1, 0.15) is 19.8 Å². The highest BCUT2D eigenvalue weighted by molar-refractivity contribution is 5.55. The van der Waals surface area contributed by atoms with E-state index in [1.165, 1.54) is 5.69 Å². The normalized spacial score (nSPS) is 10.6. The lowest BCUT2D eigenvalue weighted by molar-refractivity contribution is 0.107. The van der Waals surface area contributed by atoms with Crippen molar-refractivity contribution >= 4 is 11.4 Å². The summed E-state index contributed by atoms with van der Waals surface area (Å²) in [5.41, 5.74) is 7.80. The van der Waals surface area contributed by atoms with Gasteiger partial charge in [-0.2, -0.15) is 0 Å². The van der Waals surface area contributed by atoms with Crippen LogP contribution in [0.5, 0.6) is 0 Å². The lowest BCUT2D eigenvalue weighted by Gasteiger charge is -2.24. The van der Waals surface area contributed by atoms with E-state index in [9.17, 15) is 0 Å². The van der Waals surface area contributed by atoms with Gasteiger partial charge in [0, 0.05) is 44.8 Å². The van der Waals surface area contributed by atoms with E-state index in [0.29, 0.717) is 0 Å². The second-order valence-corrected chi connectivity index (χ2v) is 4.54. The fourth-order valence-corrected chi connectivity index (χ4v) is 1.94. The summed E-state index contributed by atoms with van der Waals surface area (Å²) in [6, 6.07) is 8.01. The molecule has 0 saturated carbocycles. The van der Waals surface area contributed by atoms with E-state index in [0.717, 1.165) is 51.4 Å². The number of rotatable bonds is 10. The Kier molecular flexibility index (Phi) is 8.02. The van der Waals surface area contributed by atoms with Crippen molar-refractivity contribution in [2.75, 3.05) is 50.7 Å². The highest BCUT2D eigenvalue weighted by Gasteiger charge is 2.05. The first-order valence-corrected chi connectivity index (χ1v) is 6.95. The molecule has 0 aliphatic heterocycles. The molecule has 2 N–H and O–H groups in total. The van der Waals surface area contributed by atoms with Crippen LogP contribution in [0.4, 0.5) is 11.4 Å². The molecule has 0 saturated heterocycles. The van der Waals surface area contributed by atoms with Gasteiger partial charge in [-0.1, -0.05) is 13.0 Å². The molecule has 0 amide bonds. The van der Waals surface area contributed by atoms with Gasteiger partial charge >= 0.3 is 0 Å². The number of ether oxygens (including phenoxy) is 2. The van der Waals surface area contributed by atoms with Gasteiger partial charge in [-0.3, -0.25) is 0 Å². The molecule has 1 aromatic carbocycles. The molecule has 4 heteroatoms. The zero-order chi connectivity index (χ0) is 13.9. The first-order chi connectivity index (χ1) is 9.27. The molecule has 1 rings (SSSR count). The number of nitrogens with zero attached hydrogens (tertiary/aromatic N) is 1. The van der Waals surface area contributed by atoms with Crippen LogP contribution in [0.3, 0.4) is 0 Å². The molecule has 0 aliphatic rings. The topological polar surface area (TPSA) is 47.7 Å². The third-order valence-corrected chi connectivity index (χ3v) is 2.87. The van der Waals surface area contributed by atoms with E-state index < -0.39 is 0 Å². The number of nitrogens with two attached hydrogens (primary N) is 1. The highest BCUT2D eigenvalue weighted by atomic mass is 16.5. The molecule has 0 bridgehead atoms. The van der Waals surface area contributed by atoms with Gasteiger partial charge in [0.1, 0.15) is 0 Å². The lowest BCUT2D eigenvalue weighted by atomic mass is 10.2. The van der Waals surface area contributed by atoms with Crippen molar-refractivity contribution in [2.45, 2.75) is 19.8 Å². The van der Waals surface area contributed by atoms with E-state index in [4.69, 9.17) is 15.2 Å². The van der Waals surface area contributed by atoms with Crippen molar-refractivity contribution in [1.82, 2.24) is 0 Å². The Morgan fingerprint density at radius 2 is 2.00 bits per heavy atom. The Bertz CT molecular complexity index is 345. The van der Waals surface area contributed by atoms with Gasteiger partial charge in [-0.15, -0.1) is 0 Å². The molecule has 0 fully saturated rings. The largest absolute Gasteiger partial charge is 0.399 e. The standard InChI is InChI=1S/C15H26N2O2/c1-3-8-17(9-12-19-11-5-10-18-2)15-7-4-6-14(16)13-15/h4,6-7,13H,3,5,8-12,16H2,1-2H3. The van der Waals surface area contributed by atoms with Crippen molar-refractivity contribution < 1.29 is 9.47 Å². The van der Waals surface area contributed by atoms with Gasteiger partial charge < -0.3 is 20.1 Å². The Labute approximate surface area is 116 Å². The van der Waals surface area contributed by atoms with Crippen molar-refractivity contribution in [3.63, 3.8) is 0 Å². The molecule has 0 unspecified atom stereocenters. The van der Waals surface area contributed by atoms with Crippen LogP contribution >= 0.6 is 0 Å². The van der Waals surface area contributed by atoms with Gasteiger partial charge in [-0.25, -0.2) is 0 Å². The minimum atomic E-state index is 0.735. The van der Waals surface area contributed by atoms with Gasteiger partial charge in [0.15, 0.2) is 0 Å². The fraction of sp³-hybridized carbons (Fsp3) is 0.600. The maximum Gasteiger partial charge on any atom is 0.0641 e. The second kappa shape index (κ2) is 9.64. The third-order valence-electron chi connectivity index (χ3n) is 2.87. The number of hydrogen-bond donors (Lipinski definition) is 1. The molecule has 0 radical (unpaired) electrons. The van der Waals surface area contributed by atoms with E-state index in [1.54, 1.807) is 7.11 Å². The summed E-state index contributed by atoms with van der Waals surface area (Å²) in [5, 5.41) is 0. The van der Waals surface area contributed by atoms with Crippen LogP contribution in [-0.2, 0) is 9.47 Å². The number of nitrogen functional groups attached to an aromatic ring is 1. The van der Waals surface area contributed by atoms with Crippen LogP contribution in [0.25, 0.3) is 0 Å². The predicted molar refractivity (Wildman–Crippen MR) is 80.7 cm³/mol. The maximum atomic E-state index is 5.83. The summed E-state index contributed by atoms with van der Waals surface area (Å²) in [5.74, 6) is 0. The van der Waals surface area contributed by atoms with Gasteiger partial charge in [0.2, 0.25) is 0 Å². The molecule has 0 spiro atoms. The summed E-state index contributed by atoms with van der Waals surface area (Å²) >= 11 is 0. The lowest BCUT2D eigenvalue weighted by Crippen LogP contribution is -2.28. The molecular formula is C15H26N2O2. The molecule has 0 heterocycles. The fourth-order valence-electron chi connectivity index (χ4n) is 1.94. The van der Waals surface area contributed by atoms with Crippen molar-refractivity contribution in [2.24, 2.45) is 0 Å². The molecule has 1 aromatic rings. The molecule has 108 valence electrons. The molecule has 0 aromatic heterocycles. The monoisotopic (exact) mass is 266 g/mol. The van der Waals surface area contributed by atoms with Gasteiger partial charge in [0.05, 0.1) is 6.61 Å². The number of anilines is 2. The van der Waals surface area contributed by atoms with Crippen molar-refractivity contribution in [1.29, 1.82) is 0 Å². The molecular weight excluding hydrogens is 240 g/mol. The average Bonchev–Trinajstić information content (AvgIpc) is 2.41. The van der Waals surface area contributed by atoms with Crippen molar-refractivity contribution in [3.8, 4) is 0 Å². The molecule has 19 heavy (non-hydrogen) atoms. The maximum absolute atomic E-state index is 5.83. The number of hydrogen-bond acceptors (Lipinski definition) is 4. The smallest absolute Gasteiger partial charge is 0.0641 e. The average molecular weight is 266 g/mol. The SMILES string of the molecule is CCCN(CCOCCCOC)c1cccc(N)c1. The summed E-state index contributed by atoms with van der Waals surface area (Å²) in [6.07, 6.45) is 2.06. The van der Waals surface area contributed by atoms with Crippen LogP contribution in [0.15, 0.2) is 24.3 Å². The first-order valence-electron chi connectivity index (χ1n) is 6.95. The molecule has 4 nitrogen and oxygen atoms in total. The molecule has 0 atom stereocenters. The predicted octanol–water partition coefficient (Wildman–Crippen LogP) is 2.54. The van der Waals surface area contributed by atoms with E-state index in [1.807, 2.05) is 18.2 Å². The Morgan fingerprint density at radius 1 is 1.16 bits per heavy atom. The van der Waals surface area contributed by atoms with Crippen LogP contribution in [-0.4, -0.2) is 40.0 Å². The minimum absolute atomic E-state index is 0.735. The summed E-state index contributed by atoms with van der Waals surface area (Å²) < 4.78 is 10.6. The van der Waals surface area contributed by atoms with Crippen LogP contribution in [0, 0.1) is 0 Å². The highest BCUT2D eigenvalue weighted by Crippen LogP contribution is 2.17. The van der Waals surface area contributed by atoms with Crippen LogP contribution in [0.2, 0.25) is 0 Å². The Hall–Kier alpha value is -1.26. The quantitative estimate of drug-likeness (QED) is 0.522. The van der Waals surface area contributed by atoms with E-state index >= 15 is 0 Å². The summed E-state index contributed by atoms with van der Waals surface area (Å²) in [7, 11) is 1.71. The minimum Gasteiger partial charge on any atom is -0.399 e. The summed E-state index contributed by atoms with van der Waals surface area (Å²) in [6.45, 7) is 6.34. The first kappa shape index (κ1) is 15.8. The number of methoxy groups -OCH3 is 1. The van der Waals surface area contributed by atoms with Gasteiger partial charge in [0.25, 0.3) is 0 Å². The van der Waals surface area contributed by atoms with Crippen molar-refractivity contribution in [3.05, 3.63) is 24.3 Å². The number of benzene rings is 1.